The number of rotatable bonds is 12. The van der Waals surface area contributed by atoms with Crippen LogP contribution < -0.4 is 4.74 Å². The van der Waals surface area contributed by atoms with Crippen LogP contribution in [0.3, 0.4) is 0 Å². The van der Waals surface area contributed by atoms with Crippen LogP contribution in [0, 0.1) is 5.82 Å². The summed E-state index contributed by atoms with van der Waals surface area (Å²) in [5.74, 6) is -1.39. The van der Waals surface area contributed by atoms with Crippen LogP contribution in [0.25, 0.3) is 0 Å². The Morgan fingerprint density at radius 1 is 1.06 bits per heavy atom. The number of sulfone groups is 1. The number of hydrogen-bond donors (Lipinski definition) is 0. The molecule has 0 unspecified atom stereocenters. The van der Waals surface area contributed by atoms with Gasteiger partial charge in [-0.2, -0.15) is 0 Å². The molecule has 0 fully saturated rings. The molecule has 0 saturated heterocycles. The minimum absolute atomic E-state index is 0.0144. The average Bonchev–Trinajstić information content (AvgIpc) is 3.03. The predicted molar refractivity (Wildman–Crippen MR) is 125 cm³/mol. The van der Waals surface area contributed by atoms with Crippen LogP contribution in [-0.2, 0) is 9.84 Å². The van der Waals surface area contributed by atoms with E-state index in [0.717, 1.165) is 0 Å². The summed E-state index contributed by atoms with van der Waals surface area (Å²) in [7, 11) is -3.33. The lowest BCUT2D eigenvalue weighted by Crippen LogP contribution is -2.30. The van der Waals surface area contributed by atoms with E-state index in [2.05, 4.69) is 6.58 Å². The molecule has 1 aliphatic rings. The Morgan fingerprint density at radius 2 is 1.73 bits per heavy atom. The Kier molecular flexibility index (Phi) is 8.02. The monoisotopic (exact) mass is 473 g/mol. The second-order valence-corrected chi connectivity index (χ2v) is 10.4. The third kappa shape index (κ3) is 6.07. The Bertz CT molecular complexity index is 1110. The zero-order chi connectivity index (χ0) is 24.0. The van der Waals surface area contributed by atoms with Gasteiger partial charge in [0, 0.05) is 6.54 Å². The summed E-state index contributed by atoms with van der Waals surface area (Å²) < 4.78 is 44.3. The molecule has 2 aromatic rings. The molecular weight excluding hydrogens is 445 g/mol. The number of halogens is 1. The lowest BCUT2D eigenvalue weighted by molar-refractivity contribution is 0.0651. The Balaban J connectivity index is 1.46. The van der Waals surface area contributed by atoms with Gasteiger partial charge in [-0.05, 0) is 48.6 Å². The van der Waals surface area contributed by atoms with Gasteiger partial charge in [0.1, 0.15) is 6.61 Å². The number of hydrogen-bond acceptors (Lipinski definition) is 5. The Morgan fingerprint density at radius 3 is 2.36 bits per heavy atom. The highest BCUT2D eigenvalue weighted by Gasteiger charge is 2.34. The van der Waals surface area contributed by atoms with Crippen LogP contribution in [0.1, 0.15) is 58.4 Å². The number of amides is 2. The maximum atomic E-state index is 13.8. The molecule has 6 nitrogen and oxygen atoms in total. The SMILES string of the molecule is C=CCOc1cc([C@H](C)CS(=O)(=O)CCCCCN2C(=O)c3ccccc3C2=O)ccc1F. The van der Waals surface area contributed by atoms with Crippen molar-refractivity contribution in [3.8, 4) is 5.75 Å². The normalized spacial score (nSPS) is 14.3. The molecule has 0 N–H and O–H groups in total. The lowest BCUT2D eigenvalue weighted by Gasteiger charge is -2.15. The first-order chi connectivity index (χ1) is 15.7. The van der Waals surface area contributed by atoms with Crippen LogP contribution in [0.2, 0.25) is 0 Å². The molecule has 1 aliphatic heterocycles. The van der Waals surface area contributed by atoms with Gasteiger partial charge in [-0.3, -0.25) is 14.5 Å². The summed E-state index contributed by atoms with van der Waals surface area (Å²) in [6.07, 6.45) is 3.07. The molecule has 33 heavy (non-hydrogen) atoms. The molecule has 2 amide bonds. The molecule has 0 radical (unpaired) electrons. The number of fused-ring (bicyclic) bond motifs is 1. The van der Waals surface area contributed by atoms with Gasteiger partial charge >= 0.3 is 0 Å². The second kappa shape index (κ2) is 10.7. The van der Waals surface area contributed by atoms with E-state index in [1.807, 2.05) is 0 Å². The van der Waals surface area contributed by atoms with Gasteiger partial charge < -0.3 is 4.74 Å². The Hall–Kier alpha value is -3.00. The fraction of sp³-hybridized carbons (Fsp3) is 0.360. The van der Waals surface area contributed by atoms with E-state index in [9.17, 15) is 22.4 Å². The van der Waals surface area contributed by atoms with Gasteiger partial charge in [0.25, 0.3) is 11.8 Å². The van der Waals surface area contributed by atoms with Gasteiger partial charge in [-0.1, -0.05) is 44.2 Å². The van der Waals surface area contributed by atoms with E-state index in [1.165, 1.54) is 23.1 Å². The third-order valence-corrected chi connectivity index (χ3v) is 7.52. The van der Waals surface area contributed by atoms with Crippen molar-refractivity contribution < 1.29 is 27.1 Å². The standard InChI is InChI=1S/C25H28FNO5S/c1-3-14-32-23-16-19(11-12-22(23)26)18(2)17-33(30,31)15-8-4-7-13-27-24(28)20-9-5-6-10-21(20)25(27)29/h3,5-6,9-12,16,18H,1,4,7-8,13-15,17H2,2H3/t18-/m1/s1. The Labute approximate surface area is 194 Å². The fourth-order valence-corrected chi connectivity index (χ4v) is 5.62. The summed E-state index contributed by atoms with van der Waals surface area (Å²) >= 11 is 0. The number of carbonyl (C=O) groups is 2. The number of imide groups is 1. The minimum Gasteiger partial charge on any atom is -0.486 e. The first-order valence-corrected chi connectivity index (χ1v) is 12.7. The molecule has 0 spiro atoms. The van der Waals surface area contributed by atoms with Crippen LogP contribution in [0.5, 0.6) is 5.75 Å². The van der Waals surface area contributed by atoms with Crippen molar-refractivity contribution in [1.29, 1.82) is 0 Å². The minimum atomic E-state index is -3.33. The van der Waals surface area contributed by atoms with Crippen molar-refractivity contribution in [3.05, 3.63) is 77.6 Å². The van der Waals surface area contributed by atoms with Crippen LogP contribution in [0.15, 0.2) is 55.1 Å². The van der Waals surface area contributed by atoms with E-state index in [0.29, 0.717) is 36.0 Å². The largest absolute Gasteiger partial charge is 0.486 e. The lowest BCUT2D eigenvalue weighted by atomic mass is 10.0. The molecule has 8 heteroatoms. The van der Waals surface area contributed by atoms with E-state index >= 15 is 0 Å². The molecule has 0 aliphatic carbocycles. The predicted octanol–water partition coefficient (Wildman–Crippen LogP) is 4.38. The molecule has 0 aromatic heterocycles. The third-order valence-electron chi connectivity index (χ3n) is 5.60. The van der Waals surface area contributed by atoms with E-state index in [1.54, 1.807) is 37.3 Å². The van der Waals surface area contributed by atoms with E-state index < -0.39 is 15.7 Å². The van der Waals surface area contributed by atoms with Gasteiger partial charge in [0.2, 0.25) is 0 Å². The highest BCUT2D eigenvalue weighted by atomic mass is 32.2. The summed E-state index contributed by atoms with van der Waals surface area (Å²) in [5.41, 5.74) is 1.51. The maximum Gasteiger partial charge on any atom is 0.261 e. The molecule has 0 bridgehead atoms. The van der Waals surface area contributed by atoms with Gasteiger partial charge in [0.15, 0.2) is 21.4 Å². The smallest absolute Gasteiger partial charge is 0.261 e. The first kappa shape index (κ1) is 24.6. The topological polar surface area (TPSA) is 80.8 Å². The molecular formula is C25H28FNO5S. The van der Waals surface area contributed by atoms with Gasteiger partial charge in [0.05, 0.1) is 22.6 Å². The fourth-order valence-electron chi connectivity index (χ4n) is 3.86. The van der Waals surface area contributed by atoms with Crippen LogP contribution in [0.4, 0.5) is 4.39 Å². The number of benzene rings is 2. The molecule has 176 valence electrons. The van der Waals surface area contributed by atoms with Gasteiger partial charge in [-0.15, -0.1) is 0 Å². The quantitative estimate of drug-likeness (QED) is 0.260. The summed E-state index contributed by atoms with van der Waals surface area (Å²) in [6.45, 7) is 5.74. The highest BCUT2D eigenvalue weighted by molar-refractivity contribution is 7.91. The highest BCUT2D eigenvalue weighted by Crippen LogP contribution is 2.26. The van der Waals surface area contributed by atoms with Crippen molar-refractivity contribution >= 4 is 21.7 Å². The summed E-state index contributed by atoms with van der Waals surface area (Å²) in [4.78, 5) is 25.9. The molecule has 1 heterocycles. The van der Waals surface area contributed by atoms with E-state index in [-0.39, 0.29) is 48.1 Å². The van der Waals surface area contributed by atoms with E-state index in [4.69, 9.17) is 4.74 Å². The van der Waals surface area contributed by atoms with Crippen molar-refractivity contribution in [2.75, 3.05) is 24.7 Å². The zero-order valence-electron chi connectivity index (χ0n) is 18.6. The zero-order valence-corrected chi connectivity index (χ0v) is 19.4. The number of ether oxygens (including phenoxy) is 1. The number of unbranched alkanes of at least 4 members (excludes halogenated alkanes) is 2. The average molecular weight is 474 g/mol. The van der Waals surface area contributed by atoms with Gasteiger partial charge in [-0.25, -0.2) is 12.8 Å². The molecule has 0 saturated carbocycles. The molecule has 2 aromatic carbocycles. The summed E-state index contributed by atoms with van der Waals surface area (Å²) in [5, 5.41) is 0. The van der Waals surface area contributed by atoms with Crippen LogP contribution >= 0.6 is 0 Å². The second-order valence-electron chi connectivity index (χ2n) is 8.17. The van der Waals surface area contributed by atoms with Crippen molar-refractivity contribution in [2.24, 2.45) is 0 Å². The first-order valence-electron chi connectivity index (χ1n) is 10.9. The van der Waals surface area contributed by atoms with Crippen molar-refractivity contribution in [2.45, 2.75) is 32.1 Å². The van der Waals surface area contributed by atoms with Crippen LogP contribution in [-0.4, -0.2) is 49.8 Å². The van der Waals surface area contributed by atoms with Crippen molar-refractivity contribution in [3.63, 3.8) is 0 Å². The van der Waals surface area contributed by atoms with Crippen molar-refractivity contribution in [1.82, 2.24) is 4.90 Å². The number of nitrogens with zero attached hydrogens (tertiary/aromatic N) is 1. The number of carbonyl (C=O) groups excluding carboxylic acids is 2. The molecule has 1 atom stereocenters. The molecule has 3 rings (SSSR count). The summed E-state index contributed by atoms with van der Waals surface area (Å²) in [6, 6.07) is 11.1. The maximum absolute atomic E-state index is 13.8.